The third-order valence-electron chi connectivity index (χ3n) is 6.12. The first-order valence-corrected chi connectivity index (χ1v) is 10.0. The van der Waals surface area contributed by atoms with Crippen LogP contribution in [0.4, 0.5) is 13.6 Å². The number of amides is 1. The molecule has 0 aliphatic heterocycles. The van der Waals surface area contributed by atoms with Crippen molar-refractivity contribution in [3.05, 3.63) is 95.1 Å². The van der Waals surface area contributed by atoms with Gasteiger partial charge in [0.1, 0.15) is 18.2 Å². The molecule has 0 aromatic heterocycles. The minimum atomic E-state index is -2.04. The molecule has 164 valence electrons. The van der Waals surface area contributed by atoms with Gasteiger partial charge in [0.25, 0.3) is 0 Å². The molecule has 0 heterocycles. The number of aliphatic carboxylic acids is 1. The van der Waals surface area contributed by atoms with Gasteiger partial charge in [-0.05, 0) is 46.9 Å². The Morgan fingerprint density at radius 1 is 0.969 bits per heavy atom. The molecule has 7 heteroatoms. The average molecular weight is 437 g/mol. The fourth-order valence-electron chi connectivity index (χ4n) is 4.17. The number of carbonyl (C=O) groups is 2. The first-order valence-electron chi connectivity index (χ1n) is 10.0. The summed E-state index contributed by atoms with van der Waals surface area (Å²) in [4.78, 5) is 25.8. The number of likely N-dealkylation sites (N-methyl/N-ethyl adjacent to an activating group) is 1. The number of carboxylic acids is 1. The molecule has 0 bridgehead atoms. The number of hydrogen-bond donors (Lipinski definition) is 1. The summed E-state index contributed by atoms with van der Waals surface area (Å²) >= 11 is 0. The summed E-state index contributed by atoms with van der Waals surface area (Å²) in [6, 6.07) is 18.1. The van der Waals surface area contributed by atoms with E-state index in [-0.39, 0.29) is 18.1 Å². The Kier molecular flexibility index (Phi) is 5.42. The lowest BCUT2D eigenvalue weighted by Gasteiger charge is -2.35. The van der Waals surface area contributed by atoms with Crippen LogP contribution in [0.5, 0.6) is 0 Å². The zero-order valence-electron chi connectivity index (χ0n) is 17.5. The molecule has 0 saturated heterocycles. The molecule has 0 fully saturated rings. The van der Waals surface area contributed by atoms with Crippen LogP contribution < -0.4 is 0 Å². The van der Waals surface area contributed by atoms with E-state index in [0.29, 0.717) is 6.07 Å². The van der Waals surface area contributed by atoms with Crippen LogP contribution in [-0.4, -0.2) is 35.7 Å². The van der Waals surface area contributed by atoms with Gasteiger partial charge < -0.3 is 9.84 Å². The monoisotopic (exact) mass is 437 g/mol. The maximum Gasteiger partial charge on any atom is 0.410 e. The van der Waals surface area contributed by atoms with Gasteiger partial charge >= 0.3 is 12.1 Å². The molecule has 1 atom stereocenters. The molecule has 4 rings (SSSR count). The van der Waals surface area contributed by atoms with Crippen LogP contribution in [0, 0.1) is 11.6 Å². The highest BCUT2D eigenvalue weighted by atomic mass is 19.1. The Labute approximate surface area is 183 Å². The van der Waals surface area contributed by atoms with Gasteiger partial charge in [0.05, 0.1) is 0 Å². The molecule has 5 nitrogen and oxygen atoms in total. The van der Waals surface area contributed by atoms with Crippen molar-refractivity contribution in [3.63, 3.8) is 0 Å². The van der Waals surface area contributed by atoms with Crippen molar-refractivity contribution in [1.29, 1.82) is 0 Å². The Bertz CT molecular complexity index is 1150. The summed E-state index contributed by atoms with van der Waals surface area (Å²) in [7, 11) is 1.23. The zero-order valence-corrected chi connectivity index (χ0v) is 17.5. The first kappa shape index (κ1) is 21.5. The van der Waals surface area contributed by atoms with Crippen molar-refractivity contribution in [3.8, 4) is 11.1 Å². The molecule has 3 aromatic rings. The van der Waals surface area contributed by atoms with Gasteiger partial charge in [-0.15, -0.1) is 0 Å². The molecular weight excluding hydrogens is 416 g/mol. The highest BCUT2D eigenvalue weighted by molar-refractivity contribution is 5.85. The van der Waals surface area contributed by atoms with E-state index in [4.69, 9.17) is 4.74 Å². The Morgan fingerprint density at radius 3 is 1.97 bits per heavy atom. The van der Waals surface area contributed by atoms with Gasteiger partial charge in [-0.25, -0.2) is 18.4 Å². The summed E-state index contributed by atoms with van der Waals surface area (Å²) in [6.07, 6.45) is -0.915. The van der Waals surface area contributed by atoms with Crippen molar-refractivity contribution < 1.29 is 28.2 Å². The molecule has 1 amide bonds. The van der Waals surface area contributed by atoms with Crippen molar-refractivity contribution in [2.45, 2.75) is 18.4 Å². The lowest BCUT2D eigenvalue weighted by atomic mass is 9.90. The van der Waals surface area contributed by atoms with Crippen LogP contribution in [0.15, 0.2) is 66.7 Å². The molecule has 1 aliphatic carbocycles. The van der Waals surface area contributed by atoms with Gasteiger partial charge in [0.15, 0.2) is 5.54 Å². The number of carboxylic acid groups (broad SMARTS) is 1. The molecule has 1 unspecified atom stereocenters. The number of hydrogen-bond acceptors (Lipinski definition) is 3. The van der Waals surface area contributed by atoms with E-state index in [1.807, 2.05) is 48.5 Å². The van der Waals surface area contributed by atoms with Gasteiger partial charge in [0, 0.05) is 19.0 Å². The molecule has 0 spiro atoms. The zero-order chi connectivity index (χ0) is 23.0. The van der Waals surface area contributed by atoms with Crippen LogP contribution in [0.2, 0.25) is 0 Å². The normalized spacial score (nSPS) is 14.2. The van der Waals surface area contributed by atoms with Crippen LogP contribution in [-0.2, 0) is 15.1 Å². The SMILES string of the molecule is CN(C(=O)OCC1c2ccccc2-c2ccccc21)C(C)(C(=O)O)c1cc(F)cc(F)c1. The summed E-state index contributed by atoms with van der Waals surface area (Å²) in [6.45, 7) is 1.19. The molecule has 0 saturated carbocycles. The third kappa shape index (κ3) is 3.49. The van der Waals surface area contributed by atoms with E-state index in [0.717, 1.165) is 39.3 Å². The minimum absolute atomic E-state index is 0.00951. The standard InChI is InChI=1S/C25H21F2NO4/c1-25(23(29)30,15-11-16(26)13-17(27)12-15)28(2)24(31)32-14-22-20-9-5-3-7-18(20)19-8-4-6-10-21(19)22/h3-13,22H,14H2,1-2H3,(H,29,30). The van der Waals surface area contributed by atoms with Crippen LogP contribution in [0.1, 0.15) is 29.5 Å². The topological polar surface area (TPSA) is 66.8 Å². The van der Waals surface area contributed by atoms with Crippen molar-refractivity contribution in [2.24, 2.45) is 0 Å². The maximum absolute atomic E-state index is 13.8. The largest absolute Gasteiger partial charge is 0.479 e. The van der Waals surface area contributed by atoms with Crippen molar-refractivity contribution in [2.75, 3.05) is 13.7 Å². The van der Waals surface area contributed by atoms with Gasteiger partial charge in [0.2, 0.25) is 0 Å². The maximum atomic E-state index is 13.8. The van der Waals surface area contributed by atoms with Crippen molar-refractivity contribution in [1.82, 2.24) is 4.90 Å². The van der Waals surface area contributed by atoms with E-state index < -0.39 is 29.2 Å². The fraction of sp³-hybridized carbons (Fsp3) is 0.200. The number of rotatable bonds is 5. The fourth-order valence-corrected chi connectivity index (χ4v) is 4.17. The van der Waals surface area contributed by atoms with Crippen molar-refractivity contribution >= 4 is 12.1 Å². The van der Waals surface area contributed by atoms with Gasteiger partial charge in [-0.3, -0.25) is 4.90 Å². The lowest BCUT2D eigenvalue weighted by Crippen LogP contribution is -2.51. The first-order chi connectivity index (χ1) is 15.2. The quantitative estimate of drug-likeness (QED) is 0.600. The molecule has 0 radical (unpaired) electrons. The Balaban J connectivity index is 1.59. The highest BCUT2D eigenvalue weighted by Crippen LogP contribution is 2.44. The number of ether oxygens (including phenoxy) is 1. The van der Waals surface area contributed by atoms with E-state index in [1.54, 1.807) is 0 Å². The van der Waals surface area contributed by atoms with E-state index in [2.05, 4.69) is 0 Å². The average Bonchev–Trinajstić information content (AvgIpc) is 3.09. The third-order valence-corrected chi connectivity index (χ3v) is 6.12. The Hall–Kier alpha value is -3.74. The Morgan fingerprint density at radius 2 is 1.47 bits per heavy atom. The highest BCUT2D eigenvalue weighted by Gasteiger charge is 2.44. The number of halogens is 2. The summed E-state index contributed by atoms with van der Waals surface area (Å²) in [5.41, 5.74) is 1.89. The predicted molar refractivity (Wildman–Crippen MR) is 114 cm³/mol. The smallest absolute Gasteiger partial charge is 0.410 e. The summed E-state index contributed by atoms with van der Waals surface area (Å²) < 4.78 is 33.0. The second-order valence-corrected chi connectivity index (χ2v) is 7.90. The van der Waals surface area contributed by atoms with Crippen LogP contribution >= 0.6 is 0 Å². The van der Waals surface area contributed by atoms with Gasteiger partial charge in [-0.2, -0.15) is 0 Å². The molecular formula is C25H21F2NO4. The van der Waals surface area contributed by atoms with Crippen LogP contribution in [0.3, 0.4) is 0 Å². The number of nitrogens with zero attached hydrogens (tertiary/aromatic N) is 1. The lowest BCUT2D eigenvalue weighted by molar-refractivity contribution is -0.149. The molecule has 3 aromatic carbocycles. The molecule has 1 N–H and O–H groups in total. The van der Waals surface area contributed by atoms with E-state index in [9.17, 15) is 23.5 Å². The molecule has 1 aliphatic rings. The number of benzene rings is 3. The molecule has 32 heavy (non-hydrogen) atoms. The van der Waals surface area contributed by atoms with Crippen LogP contribution in [0.25, 0.3) is 11.1 Å². The minimum Gasteiger partial charge on any atom is -0.479 e. The van der Waals surface area contributed by atoms with E-state index >= 15 is 0 Å². The van der Waals surface area contributed by atoms with E-state index in [1.165, 1.54) is 14.0 Å². The predicted octanol–water partition coefficient (Wildman–Crippen LogP) is 5.15. The number of carbonyl (C=O) groups excluding carboxylic acids is 1. The number of fused-ring (bicyclic) bond motifs is 3. The second-order valence-electron chi connectivity index (χ2n) is 7.90. The van der Waals surface area contributed by atoms with Gasteiger partial charge in [-0.1, -0.05) is 48.5 Å². The summed E-state index contributed by atoms with van der Waals surface area (Å²) in [5, 5.41) is 9.83. The second kappa shape index (κ2) is 8.07. The summed E-state index contributed by atoms with van der Waals surface area (Å²) in [5.74, 6) is -3.53.